The van der Waals surface area contributed by atoms with E-state index in [9.17, 15) is 0 Å². The molecule has 1 aromatic carbocycles. The summed E-state index contributed by atoms with van der Waals surface area (Å²) in [5.41, 5.74) is 8.46. The maximum Gasteiger partial charge on any atom is 0.0726 e. The average molecular weight is 157 g/mol. The number of anilines is 1. The van der Waals surface area contributed by atoms with Gasteiger partial charge in [0.05, 0.1) is 5.52 Å². The molecule has 2 N–H and O–H groups in total. The summed E-state index contributed by atoms with van der Waals surface area (Å²) in [5.74, 6) is 0. The van der Waals surface area contributed by atoms with Gasteiger partial charge in [-0.3, -0.25) is 4.98 Å². The maximum atomic E-state index is 5.80. The molecule has 0 aliphatic heterocycles. The van der Waals surface area contributed by atoms with Crippen molar-refractivity contribution < 1.29 is 0 Å². The molecule has 1 radical (unpaired) electrons. The summed E-state index contributed by atoms with van der Waals surface area (Å²) in [6.07, 6.45) is 0. The molecular formula is C10H9N2. The number of hydrogen-bond acceptors (Lipinski definition) is 2. The molecule has 0 unspecified atom stereocenters. The van der Waals surface area contributed by atoms with Gasteiger partial charge in [0.25, 0.3) is 0 Å². The van der Waals surface area contributed by atoms with Gasteiger partial charge in [0.2, 0.25) is 0 Å². The van der Waals surface area contributed by atoms with Crippen LogP contribution in [0.5, 0.6) is 0 Å². The van der Waals surface area contributed by atoms with E-state index in [2.05, 4.69) is 11.1 Å². The van der Waals surface area contributed by atoms with Crippen LogP contribution in [-0.4, -0.2) is 4.98 Å². The molecule has 0 bridgehead atoms. The summed E-state index contributed by atoms with van der Waals surface area (Å²) < 4.78 is 0. The van der Waals surface area contributed by atoms with E-state index in [1.807, 2.05) is 31.2 Å². The topological polar surface area (TPSA) is 38.9 Å². The number of pyridine rings is 1. The highest BCUT2D eigenvalue weighted by Gasteiger charge is 1.98. The van der Waals surface area contributed by atoms with Crippen LogP contribution in [0.3, 0.4) is 0 Å². The number of aryl methyl sites for hydroxylation is 1. The minimum Gasteiger partial charge on any atom is -0.398 e. The smallest absolute Gasteiger partial charge is 0.0726 e. The summed E-state index contributed by atoms with van der Waals surface area (Å²) in [7, 11) is 0. The molecule has 0 saturated carbocycles. The monoisotopic (exact) mass is 157 g/mol. The predicted octanol–water partition coefficient (Wildman–Crippen LogP) is 1.93. The van der Waals surface area contributed by atoms with Crippen LogP contribution in [0.25, 0.3) is 10.9 Å². The minimum atomic E-state index is 0.773. The quantitative estimate of drug-likeness (QED) is 0.634. The Balaban J connectivity index is 2.89. The van der Waals surface area contributed by atoms with Crippen LogP contribution >= 0.6 is 0 Å². The second-order valence-electron chi connectivity index (χ2n) is 2.80. The van der Waals surface area contributed by atoms with E-state index in [4.69, 9.17) is 5.73 Å². The fourth-order valence-corrected chi connectivity index (χ4v) is 1.28. The molecule has 0 aliphatic carbocycles. The molecule has 59 valence electrons. The van der Waals surface area contributed by atoms with Crippen molar-refractivity contribution >= 4 is 16.6 Å². The summed E-state index contributed by atoms with van der Waals surface area (Å²) in [4.78, 5) is 4.34. The third kappa shape index (κ3) is 1.01. The second kappa shape index (κ2) is 2.48. The molecule has 2 nitrogen and oxygen atoms in total. The number of rotatable bonds is 0. The summed E-state index contributed by atoms with van der Waals surface area (Å²) in [6.45, 7) is 1.94. The van der Waals surface area contributed by atoms with Crippen molar-refractivity contribution in [1.29, 1.82) is 0 Å². The normalized spacial score (nSPS) is 10.4. The zero-order valence-electron chi connectivity index (χ0n) is 6.83. The number of nitrogens with two attached hydrogens (primary N) is 1. The molecule has 2 heteroatoms. The molecule has 1 aromatic heterocycles. The lowest BCUT2D eigenvalue weighted by atomic mass is 10.2. The first-order chi connectivity index (χ1) is 5.77. The molecular weight excluding hydrogens is 148 g/mol. The number of aromatic nitrogens is 1. The first-order valence-electron chi connectivity index (χ1n) is 3.80. The molecule has 2 aromatic rings. The van der Waals surface area contributed by atoms with E-state index in [0.29, 0.717) is 0 Å². The number of fused-ring (bicyclic) bond motifs is 1. The van der Waals surface area contributed by atoms with Gasteiger partial charge in [0.15, 0.2) is 0 Å². The fourth-order valence-electron chi connectivity index (χ4n) is 1.28. The Morgan fingerprint density at radius 2 is 2.33 bits per heavy atom. The van der Waals surface area contributed by atoms with E-state index < -0.39 is 0 Å². The van der Waals surface area contributed by atoms with Gasteiger partial charge in [-0.15, -0.1) is 0 Å². The lowest BCUT2D eigenvalue weighted by Gasteiger charge is -2.01. The first-order valence-corrected chi connectivity index (χ1v) is 3.80. The zero-order chi connectivity index (χ0) is 8.55. The van der Waals surface area contributed by atoms with Gasteiger partial charge in [0.1, 0.15) is 0 Å². The van der Waals surface area contributed by atoms with Crippen LogP contribution < -0.4 is 5.73 Å². The number of nitrogen functional groups attached to an aromatic ring is 1. The van der Waals surface area contributed by atoms with Gasteiger partial charge in [-0.2, -0.15) is 0 Å². The van der Waals surface area contributed by atoms with Gasteiger partial charge >= 0.3 is 0 Å². The van der Waals surface area contributed by atoms with Gasteiger partial charge in [-0.1, -0.05) is 6.07 Å². The van der Waals surface area contributed by atoms with Crippen LogP contribution in [0.15, 0.2) is 24.3 Å². The third-order valence-electron chi connectivity index (χ3n) is 1.81. The highest BCUT2D eigenvalue weighted by atomic mass is 14.7. The van der Waals surface area contributed by atoms with E-state index in [1.54, 1.807) is 0 Å². The van der Waals surface area contributed by atoms with Crippen molar-refractivity contribution in [2.45, 2.75) is 6.92 Å². The van der Waals surface area contributed by atoms with E-state index in [0.717, 1.165) is 22.3 Å². The van der Waals surface area contributed by atoms with Gasteiger partial charge < -0.3 is 5.73 Å². The molecule has 1 heterocycles. The lowest BCUT2D eigenvalue weighted by Crippen LogP contribution is -1.91. The van der Waals surface area contributed by atoms with Crippen molar-refractivity contribution in [2.75, 3.05) is 5.73 Å². The molecule has 0 fully saturated rings. The molecule has 0 spiro atoms. The Bertz CT molecular complexity index is 421. The van der Waals surface area contributed by atoms with Gasteiger partial charge in [0, 0.05) is 16.8 Å². The maximum absolute atomic E-state index is 5.80. The highest BCUT2D eigenvalue weighted by Crippen LogP contribution is 2.18. The van der Waals surface area contributed by atoms with Crippen LogP contribution in [0, 0.1) is 13.0 Å². The number of nitrogens with zero attached hydrogens (tertiary/aromatic N) is 1. The lowest BCUT2D eigenvalue weighted by molar-refractivity contribution is 1.26. The van der Waals surface area contributed by atoms with Crippen LogP contribution in [0.2, 0.25) is 0 Å². The standard InChI is InChI=1S/C10H9N2/c1-7-6-9(11)8-4-2-3-5-10(8)12-7/h3-6H,1H3,(H2,11,12). The zero-order valence-corrected chi connectivity index (χ0v) is 6.83. The van der Waals surface area contributed by atoms with Crippen molar-refractivity contribution in [2.24, 2.45) is 0 Å². The fraction of sp³-hybridized carbons (Fsp3) is 0.100. The van der Waals surface area contributed by atoms with Gasteiger partial charge in [-0.05, 0) is 31.2 Å². The van der Waals surface area contributed by atoms with Crippen molar-refractivity contribution in [1.82, 2.24) is 4.98 Å². The third-order valence-corrected chi connectivity index (χ3v) is 1.81. The molecule has 2 rings (SSSR count). The molecule has 0 aliphatic rings. The van der Waals surface area contributed by atoms with Crippen molar-refractivity contribution in [3.8, 4) is 0 Å². The first kappa shape index (κ1) is 7.10. The summed E-state index contributed by atoms with van der Waals surface area (Å²) >= 11 is 0. The van der Waals surface area contributed by atoms with Crippen molar-refractivity contribution in [3.63, 3.8) is 0 Å². The summed E-state index contributed by atoms with van der Waals surface area (Å²) in [6, 6.07) is 10.5. The molecule has 0 saturated heterocycles. The highest BCUT2D eigenvalue weighted by molar-refractivity contribution is 5.89. The van der Waals surface area contributed by atoms with Crippen molar-refractivity contribution in [3.05, 3.63) is 36.0 Å². The predicted molar refractivity (Wildman–Crippen MR) is 49.7 cm³/mol. The Kier molecular flexibility index (Phi) is 1.47. The van der Waals surface area contributed by atoms with E-state index >= 15 is 0 Å². The number of hydrogen-bond donors (Lipinski definition) is 1. The Morgan fingerprint density at radius 3 is 3.17 bits per heavy atom. The Hall–Kier alpha value is -1.57. The van der Waals surface area contributed by atoms with Crippen LogP contribution in [0.4, 0.5) is 5.69 Å². The van der Waals surface area contributed by atoms with E-state index in [1.165, 1.54) is 0 Å². The van der Waals surface area contributed by atoms with Gasteiger partial charge in [-0.25, -0.2) is 0 Å². The number of benzene rings is 1. The Labute approximate surface area is 71.0 Å². The summed E-state index contributed by atoms with van der Waals surface area (Å²) in [5, 5.41) is 0.975. The molecule has 0 atom stereocenters. The molecule has 12 heavy (non-hydrogen) atoms. The second-order valence-corrected chi connectivity index (χ2v) is 2.80. The minimum absolute atomic E-state index is 0.773. The Morgan fingerprint density at radius 1 is 1.50 bits per heavy atom. The average Bonchev–Trinajstić information content (AvgIpc) is 2.04. The SMILES string of the molecule is Cc1cc(N)c2c[c]ccc2n1. The molecule has 0 amide bonds. The van der Waals surface area contributed by atoms with Crippen LogP contribution in [0.1, 0.15) is 5.69 Å². The van der Waals surface area contributed by atoms with E-state index in [-0.39, 0.29) is 0 Å². The largest absolute Gasteiger partial charge is 0.398 e. The van der Waals surface area contributed by atoms with Crippen LogP contribution in [-0.2, 0) is 0 Å².